The van der Waals surface area contributed by atoms with E-state index in [0.717, 1.165) is 12.8 Å². The van der Waals surface area contributed by atoms with Gasteiger partial charge in [0, 0.05) is 23.7 Å². The Bertz CT molecular complexity index is 737. The van der Waals surface area contributed by atoms with E-state index in [9.17, 15) is 14.9 Å². The number of benzene rings is 1. The molecule has 1 aliphatic rings. The van der Waals surface area contributed by atoms with Crippen LogP contribution in [0.3, 0.4) is 0 Å². The minimum absolute atomic E-state index is 0.0231. The summed E-state index contributed by atoms with van der Waals surface area (Å²) in [6, 6.07) is 6.40. The molecule has 1 aromatic carbocycles. The SMILES string of the molecule is O=c1[nH]c(-c2cccc([N+](=O)[O-])c2)cnc1NC1CCC1. The smallest absolute Gasteiger partial charge is 0.291 e. The maximum absolute atomic E-state index is 12.0. The Kier molecular flexibility index (Phi) is 3.39. The molecule has 2 aromatic rings. The second kappa shape index (κ2) is 5.35. The number of nitrogens with zero attached hydrogens (tertiary/aromatic N) is 2. The molecule has 21 heavy (non-hydrogen) atoms. The predicted octanol–water partition coefficient (Wildman–Crippen LogP) is 2.31. The fraction of sp³-hybridized carbons (Fsp3) is 0.286. The van der Waals surface area contributed by atoms with Gasteiger partial charge in [0.1, 0.15) is 0 Å². The molecule has 3 rings (SSSR count). The first-order valence-electron chi connectivity index (χ1n) is 6.74. The minimum Gasteiger partial charge on any atom is -0.363 e. The molecule has 1 fully saturated rings. The minimum atomic E-state index is -0.471. The molecule has 7 heteroatoms. The quantitative estimate of drug-likeness (QED) is 0.663. The first-order chi connectivity index (χ1) is 10.1. The summed E-state index contributed by atoms with van der Waals surface area (Å²) in [4.78, 5) is 29.1. The average molecular weight is 286 g/mol. The number of anilines is 1. The zero-order valence-corrected chi connectivity index (χ0v) is 11.2. The maximum Gasteiger partial charge on any atom is 0.291 e. The van der Waals surface area contributed by atoms with Gasteiger partial charge in [-0.05, 0) is 19.3 Å². The number of aromatic nitrogens is 2. The number of nitro benzene ring substituents is 1. The van der Waals surface area contributed by atoms with Crippen molar-refractivity contribution in [2.45, 2.75) is 25.3 Å². The molecule has 2 N–H and O–H groups in total. The number of nitrogens with one attached hydrogen (secondary N) is 2. The first-order valence-corrected chi connectivity index (χ1v) is 6.74. The van der Waals surface area contributed by atoms with Crippen LogP contribution in [0.15, 0.2) is 35.3 Å². The standard InChI is InChI=1S/C14H14N4O3/c19-14-13(16-10-4-2-5-10)15-8-12(17-14)9-3-1-6-11(7-9)18(20)21/h1,3,6-8,10H,2,4-5H2,(H,15,16)(H,17,19). The molecule has 108 valence electrons. The molecule has 1 aromatic heterocycles. The van der Waals surface area contributed by atoms with Gasteiger partial charge in [-0.1, -0.05) is 12.1 Å². The van der Waals surface area contributed by atoms with Gasteiger partial charge in [-0.15, -0.1) is 0 Å². The van der Waals surface area contributed by atoms with Gasteiger partial charge in [-0.3, -0.25) is 14.9 Å². The van der Waals surface area contributed by atoms with Crippen molar-refractivity contribution in [2.75, 3.05) is 5.32 Å². The molecule has 0 aliphatic heterocycles. The van der Waals surface area contributed by atoms with E-state index >= 15 is 0 Å². The first kappa shape index (κ1) is 13.3. The van der Waals surface area contributed by atoms with Crippen LogP contribution < -0.4 is 10.9 Å². The Morgan fingerprint density at radius 2 is 2.19 bits per heavy atom. The molecular weight excluding hydrogens is 272 g/mol. The summed E-state index contributed by atoms with van der Waals surface area (Å²) < 4.78 is 0. The third-order valence-corrected chi connectivity index (χ3v) is 3.60. The van der Waals surface area contributed by atoms with E-state index in [1.54, 1.807) is 12.1 Å². The van der Waals surface area contributed by atoms with Crippen LogP contribution in [0.2, 0.25) is 0 Å². The Balaban J connectivity index is 1.89. The van der Waals surface area contributed by atoms with Gasteiger partial charge in [-0.25, -0.2) is 4.98 Å². The molecule has 0 bridgehead atoms. The summed E-state index contributed by atoms with van der Waals surface area (Å²) in [7, 11) is 0. The van der Waals surface area contributed by atoms with E-state index in [-0.39, 0.29) is 11.2 Å². The van der Waals surface area contributed by atoms with Crippen LogP contribution in [0.5, 0.6) is 0 Å². The summed E-state index contributed by atoms with van der Waals surface area (Å²) in [6.45, 7) is 0. The van der Waals surface area contributed by atoms with Crippen molar-refractivity contribution >= 4 is 11.5 Å². The molecule has 0 radical (unpaired) electrons. The predicted molar refractivity (Wildman–Crippen MR) is 78.2 cm³/mol. The molecule has 0 spiro atoms. The Morgan fingerprint density at radius 3 is 2.81 bits per heavy atom. The van der Waals surface area contributed by atoms with Gasteiger partial charge in [-0.2, -0.15) is 0 Å². The van der Waals surface area contributed by atoms with Crippen LogP contribution in [0.4, 0.5) is 11.5 Å². The van der Waals surface area contributed by atoms with E-state index in [0.29, 0.717) is 23.1 Å². The van der Waals surface area contributed by atoms with Crippen molar-refractivity contribution in [3.8, 4) is 11.3 Å². The van der Waals surface area contributed by atoms with Crippen molar-refractivity contribution < 1.29 is 4.92 Å². The number of rotatable bonds is 4. The van der Waals surface area contributed by atoms with E-state index in [1.807, 2.05) is 0 Å². The van der Waals surface area contributed by atoms with Crippen LogP contribution >= 0.6 is 0 Å². The van der Waals surface area contributed by atoms with Crippen LogP contribution in [0, 0.1) is 10.1 Å². The van der Waals surface area contributed by atoms with Crippen molar-refractivity contribution in [3.05, 3.63) is 50.9 Å². The summed E-state index contributed by atoms with van der Waals surface area (Å²) in [5, 5.41) is 13.9. The number of aromatic amines is 1. The highest BCUT2D eigenvalue weighted by Crippen LogP contribution is 2.23. The van der Waals surface area contributed by atoms with Crippen molar-refractivity contribution in [3.63, 3.8) is 0 Å². The highest BCUT2D eigenvalue weighted by Gasteiger charge is 2.19. The number of hydrogen-bond donors (Lipinski definition) is 2. The number of hydrogen-bond acceptors (Lipinski definition) is 5. The second-order valence-corrected chi connectivity index (χ2v) is 5.05. The molecule has 0 saturated heterocycles. The summed E-state index contributed by atoms with van der Waals surface area (Å²) in [5.74, 6) is 0.300. The highest BCUT2D eigenvalue weighted by atomic mass is 16.6. The Labute approximate surface area is 120 Å². The van der Waals surface area contributed by atoms with Gasteiger partial charge in [0.2, 0.25) is 0 Å². The Hall–Kier alpha value is -2.70. The van der Waals surface area contributed by atoms with Crippen LogP contribution in [-0.2, 0) is 0 Å². The largest absolute Gasteiger partial charge is 0.363 e. The number of nitro groups is 1. The second-order valence-electron chi connectivity index (χ2n) is 5.05. The van der Waals surface area contributed by atoms with Crippen molar-refractivity contribution in [2.24, 2.45) is 0 Å². The van der Waals surface area contributed by atoms with Crippen LogP contribution in [0.25, 0.3) is 11.3 Å². The van der Waals surface area contributed by atoms with Crippen molar-refractivity contribution in [1.29, 1.82) is 0 Å². The monoisotopic (exact) mass is 286 g/mol. The summed E-state index contributed by atoms with van der Waals surface area (Å²) in [6.07, 6.45) is 4.78. The van der Waals surface area contributed by atoms with Crippen LogP contribution in [-0.4, -0.2) is 20.9 Å². The number of non-ortho nitro benzene ring substituents is 1. The van der Waals surface area contributed by atoms with E-state index < -0.39 is 4.92 Å². The van der Waals surface area contributed by atoms with Gasteiger partial charge < -0.3 is 10.3 Å². The summed E-state index contributed by atoms with van der Waals surface area (Å²) >= 11 is 0. The third-order valence-electron chi connectivity index (χ3n) is 3.60. The summed E-state index contributed by atoms with van der Waals surface area (Å²) in [5.41, 5.74) is 0.683. The van der Waals surface area contributed by atoms with Gasteiger partial charge in [0.25, 0.3) is 11.2 Å². The topological polar surface area (TPSA) is 101 Å². The molecule has 1 heterocycles. The van der Waals surface area contributed by atoms with E-state index in [2.05, 4.69) is 15.3 Å². The zero-order valence-electron chi connectivity index (χ0n) is 11.2. The maximum atomic E-state index is 12.0. The average Bonchev–Trinajstić information content (AvgIpc) is 2.44. The molecular formula is C14H14N4O3. The van der Waals surface area contributed by atoms with E-state index in [4.69, 9.17) is 0 Å². The van der Waals surface area contributed by atoms with E-state index in [1.165, 1.54) is 24.8 Å². The lowest BCUT2D eigenvalue weighted by molar-refractivity contribution is -0.384. The molecule has 0 amide bonds. The lowest BCUT2D eigenvalue weighted by Crippen LogP contribution is -2.31. The molecule has 1 saturated carbocycles. The Morgan fingerprint density at radius 1 is 1.38 bits per heavy atom. The van der Waals surface area contributed by atoms with Crippen molar-refractivity contribution in [1.82, 2.24) is 9.97 Å². The zero-order chi connectivity index (χ0) is 14.8. The number of H-pyrrole nitrogens is 1. The lowest BCUT2D eigenvalue weighted by atomic mass is 9.93. The molecule has 1 aliphatic carbocycles. The van der Waals surface area contributed by atoms with Gasteiger partial charge in [0.05, 0.1) is 16.8 Å². The third kappa shape index (κ3) is 2.76. The lowest BCUT2D eigenvalue weighted by Gasteiger charge is -2.26. The molecule has 7 nitrogen and oxygen atoms in total. The normalized spacial score (nSPS) is 14.5. The van der Waals surface area contributed by atoms with Crippen LogP contribution in [0.1, 0.15) is 19.3 Å². The van der Waals surface area contributed by atoms with Gasteiger partial charge in [0.15, 0.2) is 5.82 Å². The molecule has 0 atom stereocenters. The highest BCUT2D eigenvalue weighted by molar-refractivity contribution is 5.62. The van der Waals surface area contributed by atoms with Gasteiger partial charge >= 0.3 is 0 Å². The molecule has 0 unspecified atom stereocenters. The fourth-order valence-electron chi connectivity index (χ4n) is 2.18. The fourth-order valence-corrected chi connectivity index (χ4v) is 2.18.